The summed E-state index contributed by atoms with van der Waals surface area (Å²) in [4.78, 5) is 52.6. The van der Waals surface area contributed by atoms with Gasteiger partial charge in [-0.1, -0.05) is 5.16 Å². The highest BCUT2D eigenvalue weighted by Gasteiger charge is 2.54. The third-order valence-electron chi connectivity index (χ3n) is 4.59. The van der Waals surface area contributed by atoms with Crippen LogP contribution in [0.15, 0.2) is 26.5 Å². The average Bonchev–Trinajstić information content (AvgIpc) is 3.41. The summed E-state index contributed by atoms with van der Waals surface area (Å²) in [5.41, 5.74) is 11.8. The lowest BCUT2D eigenvalue weighted by atomic mass is 10.0. The summed E-state index contributed by atoms with van der Waals surface area (Å²) in [6, 6.07) is -0.917. The summed E-state index contributed by atoms with van der Waals surface area (Å²) in [5, 5.41) is 19.4. The fourth-order valence-electron chi connectivity index (χ4n) is 3.11. The number of nitrogens with zero attached hydrogens (tertiary/aromatic N) is 4. The van der Waals surface area contributed by atoms with E-state index in [0.717, 1.165) is 11.3 Å². The van der Waals surface area contributed by atoms with Crippen LogP contribution in [0.4, 0.5) is 10.3 Å². The average molecular weight is 528 g/mol. The highest BCUT2D eigenvalue weighted by molar-refractivity contribution is 8.05. The molecule has 2 aromatic rings. The van der Waals surface area contributed by atoms with E-state index in [1.807, 2.05) is 0 Å². The molecular weight excluding hydrogens is 510 g/mol. The number of anilines is 2. The van der Waals surface area contributed by atoms with Crippen LogP contribution in [-0.2, 0) is 25.8 Å². The molecule has 2 aliphatic rings. The van der Waals surface area contributed by atoms with E-state index in [-0.39, 0.29) is 28.8 Å². The number of aliphatic carboxylic acids is 1. The molecule has 33 heavy (non-hydrogen) atoms. The van der Waals surface area contributed by atoms with Gasteiger partial charge in [-0.05, 0) is 6.26 Å². The van der Waals surface area contributed by atoms with Gasteiger partial charge in [0.25, 0.3) is 11.8 Å². The first-order valence-corrected chi connectivity index (χ1v) is 13.2. The second-order valence-electron chi connectivity index (χ2n) is 6.60. The highest BCUT2D eigenvalue weighted by atomic mass is 32.2. The number of carbonyl (C=O) groups excluding carboxylic acids is 2. The maximum absolute atomic E-state index is 13.0. The Labute approximate surface area is 203 Å². The third kappa shape index (κ3) is 4.64. The molecule has 12 nitrogen and oxygen atoms in total. The lowest BCUT2D eigenvalue weighted by Gasteiger charge is -2.49. The topological polar surface area (TPSA) is 186 Å². The molecule has 6 N–H and O–H groups in total. The van der Waals surface area contributed by atoms with E-state index in [1.165, 1.54) is 45.1 Å². The first kappa shape index (κ1) is 23.3. The van der Waals surface area contributed by atoms with Crippen LogP contribution >= 0.6 is 46.2 Å². The number of thioether (sulfide) groups is 2. The van der Waals surface area contributed by atoms with Crippen molar-refractivity contribution in [3.05, 3.63) is 32.8 Å². The molecule has 2 atom stereocenters. The van der Waals surface area contributed by atoms with Crippen LogP contribution in [0.1, 0.15) is 11.4 Å². The lowest BCUT2D eigenvalue weighted by Crippen LogP contribution is -2.71. The van der Waals surface area contributed by atoms with Gasteiger partial charge in [0.05, 0.1) is 5.69 Å². The van der Waals surface area contributed by atoms with Gasteiger partial charge in [-0.3, -0.25) is 14.5 Å². The van der Waals surface area contributed by atoms with Crippen LogP contribution in [0.25, 0.3) is 0 Å². The van der Waals surface area contributed by atoms with Gasteiger partial charge in [-0.25, -0.2) is 14.8 Å². The van der Waals surface area contributed by atoms with E-state index in [9.17, 15) is 19.5 Å². The zero-order valence-electron chi connectivity index (χ0n) is 16.9. The van der Waals surface area contributed by atoms with Crippen molar-refractivity contribution in [3.63, 3.8) is 0 Å². The number of amides is 2. The Morgan fingerprint density at radius 2 is 2.06 bits per heavy atom. The number of carbonyl (C=O) groups is 3. The van der Waals surface area contributed by atoms with Crippen LogP contribution < -0.4 is 16.8 Å². The van der Waals surface area contributed by atoms with E-state index < -0.39 is 29.2 Å². The summed E-state index contributed by atoms with van der Waals surface area (Å²) in [6.07, 6.45) is 1.75. The predicted molar refractivity (Wildman–Crippen MR) is 128 cm³/mol. The fraction of sp³-hybridized carbons (Fsp3) is 0.294. The first-order valence-electron chi connectivity index (χ1n) is 9.17. The Bertz CT molecular complexity index is 1180. The van der Waals surface area contributed by atoms with Gasteiger partial charge in [-0.15, -0.1) is 46.2 Å². The van der Waals surface area contributed by atoms with E-state index >= 15 is 0 Å². The van der Waals surface area contributed by atoms with Gasteiger partial charge < -0.3 is 26.7 Å². The summed E-state index contributed by atoms with van der Waals surface area (Å²) in [5.74, 6) is -1.97. The molecule has 2 aliphatic heterocycles. The van der Waals surface area contributed by atoms with E-state index in [4.69, 9.17) is 16.3 Å². The Morgan fingerprint density at radius 1 is 1.33 bits per heavy atom. The van der Waals surface area contributed by atoms with Crippen molar-refractivity contribution in [2.45, 2.75) is 18.0 Å². The molecular formula is C17H17N7O5S4. The van der Waals surface area contributed by atoms with Crippen molar-refractivity contribution in [2.75, 3.05) is 23.5 Å². The highest BCUT2D eigenvalue weighted by Crippen LogP contribution is 2.42. The van der Waals surface area contributed by atoms with Crippen LogP contribution in [0.5, 0.6) is 0 Å². The second kappa shape index (κ2) is 9.58. The van der Waals surface area contributed by atoms with Crippen molar-refractivity contribution >= 4 is 80.0 Å². The van der Waals surface area contributed by atoms with Crippen molar-refractivity contribution in [1.29, 1.82) is 0 Å². The maximum Gasteiger partial charge on any atom is 0.353 e. The minimum Gasteiger partial charge on any atom is -0.477 e. The number of thiazole rings is 2. The standard InChI is InChI=1S/C17H17N7O5S4/c1-30-8-5-31-14-10(13(26)24(14)11(8)15(27)28)22-12(25)9(7-4-33-17(19)21-7)23-29-2-6-3-32-16(18)20-6/h3-4,10,14H,2,5H2,1H3,(H2,18,20)(H2,19,21)(H,22,25)(H,27,28)/b23-9-/t10?,14-/m0/s1. The second-order valence-corrected chi connectivity index (χ2v) is 10.4. The number of carboxylic acid groups (broad SMARTS) is 1. The fourth-order valence-corrected chi connectivity index (χ4v) is 6.45. The van der Waals surface area contributed by atoms with Crippen molar-refractivity contribution < 1.29 is 24.3 Å². The Morgan fingerprint density at radius 3 is 2.67 bits per heavy atom. The zero-order chi connectivity index (χ0) is 23.7. The molecule has 0 spiro atoms. The number of nitrogens with one attached hydrogen (secondary N) is 1. The maximum atomic E-state index is 13.0. The van der Waals surface area contributed by atoms with Gasteiger partial charge in [-0.2, -0.15) is 0 Å². The smallest absolute Gasteiger partial charge is 0.353 e. The largest absolute Gasteiger partial charge is 0.477 e. The van der Waals surface area contributed by atoms with Gasteiger partial charge in [0.1, 0.15) is 22.8 Å². The SMILES string of the molecule is CSC1=C(C(=O)O)N2C(=O)C(NC(=O)/C(=N\OCc3csc(N)n3)c3csc(N)n3)[C@@H]2SC1. The van der Waals surface area contributed by atoms with Crippen molar-refractivity contribution in [1.82, 2.24) is 20.2 Å². The molecule has 1 fully saturated rings. The Kier molecular flexibility index (Phi) is 6.78. The predicted octanol–water partition coefficient (Wildman–Crippen LogP) is 0.744. The molecule has 0 aliphatic carbocycles. The van der Waals surface area contributed by atoms with E-state index in [1.54, 1.807) is 11.6 Å². The number of oxime groups is 1. The number of hydrogen-bond acceptors (Lipinski definition) is 13. The quantitative estimate of drug-likeness (QED) is 0.215. The number of nitrogen functional groups attached to an aromatic ring is 2. The minimum atomic E-state index is -1.18. The number of fused-ring (bicyclic) bond motifs is 1. The molecule has 0 saturated carbocycles. The molecule has 0 aromatic carbocycles. The van der Waals surface area contributed by atoms with Gasteiger partial charge in [0.15, 0.2) is 22.6 Å². The van der Waals surface area contributed by atoms with Crippen LogP contribution in [0.2, 0.25) is 0 Å². The lowest BCUT2D eigenvalue weighted by molar-refractivity contribution is -0.150. The third-order valence-corrected chi connectivity index (χ3v) is 8.28. The van der Waals surface area contributed by atoms with Gasteiger partial charge in [0, 0.05) is 21.4 Å². The molecule has 174 valence electrons. The van der Waals surface area contributed by atoms with Crippen LogP contribution in [0.3, 0.4) is 0 Å². The number of carboxylic acids is 1. The van der Waals surface area contributed by atoms with Gasteiger partial charge >= 0.3 is 5.97 Å². The molecule has 4 heterocycles. The molecule has 2 aromatic heterocycles. The van der Waals surface area contributed by atoms with E-state index in [2.05, 4.69) is 20.4 Å². The molecule has 0 radical (unpaired) electrons. The van der Waals surface area contributed by atoms with Crippen LogP contribution in [-0.4, -0.2) is 66.9 Å². The molecule has 4 rings (SSSR count). The summed E-state index contributed by atoms with van der Waals surface area (Å²) < 4.78 is 0. The minimum absolute atomic E-state index is 0.0249. The normalized spacial score (nSPS) is 20.3. The van der Waals surface area contributed by atoms with Crippen LogP contribution in [0, 0.1) is 0 Å². The Balaban J connectivity index is 1.50. The van der Waals surface area contributed by atoms with Crippen molar-refractivity contribution in [2.24, 2.45) is 5.16 Å². The molecule has 1 unspecified atom stereocenters. The summed E-state index contributed by atoms with van der Waals surface area (Å²) in [7, 11) is 0. The van der Waals surface area contributed by atoms with E-state index in [0.29, 0.717) is 21.5 Å². The molecule has 16 heteroatoms. The number of β-lactam (4-membered cyclic amide) rings is 1. The number of hydrogen-bond donors (Lipinski definition) is 4. The Hall–Kier alpha value is -2.82. The van der Waals surface area contributed by atoms with Gasteiger partial charge in [0.2, 0.25) is 0 Å². The first-order chi connectivity index (χ1) is 15.8. The molecule has 2 amide bonds. The number of aromatic nitrogens is 2. The zero-order valence-corrected chi connectivity index (χ0v) is 20.1. The summed E-state index contributed by atoms with van der Waals surface area (Å²) >= 11 is 5.02. The van der Waals surface area contributed by atoms with Crippen molar-refractivity contribution in [3.8, 4) is 0 Å². The number of rotatable bonds is 8. The monoisotopic (exact) mass is 527 g/mol. The summed E-state index contributed by atoms with van der Waals surface area (Å²) in [6.45, 7) is -0.0249. The number of nitrogens with two attached hydrogens (primary N) is 2. The molecule has 0 bridgehead atoms. The molecule has 1 saturated heterocycles.